The van der Waals surface area contributed by atoms with Crippen LogP contribution in [0.1, 0.15) is 5.56 Å². The van der Waals surface area contributed by atoms with E-state index < -0.39 is 0 Å². The van der Waals surface area contributed by atoms with Crippen LogP contribution >= 0.6 is 23.2 Å². The molecular weight excluding hydrogens is 267 g/mol. The molecule has 1 aromatic carbocycles. The second-order valence-electron chi connectivity index (χ2n) is 4.19. The van der Waals surface area contributed by atoms with Gasteiger partial charge in [-0.3, -0.25) is 4.40 Å². The van der Waals surface area contributed by atoms with Crippen LogP contribution in [-0.4, -0.2) is 9.38 Å². The van der Waals surface area contributed by atoms with Crippen LogP contribution in [-0.2, 0) is 0 Å². The van der Waals surface area contributed by atoms with Crippen LogP contribution in [0.5, 0.6) is 0 Å². The van der Waals surface area contributed by atoms with Crippen LogP contribution in [0.25, 0.3) is 16.9 Å². The van der Waals surface area contributed by atoms with E-state index in [-0.39, 0.29) is 0 Å². The summed E-state index contributed by atoms with van der Waals surface area (Å²) in [6, 6.07) is 11.6. The zero-order valence-corrected chi connectivity index (χ0v) is 11.2. The maximum absolute atomic E-state index is 6.15. The molecule has 18 heavy (non-hydrogen) atoms. The van der Waals surface area contributed by atoms with Crippen LogP contribution in [0, 0.1) is 6.92 Å². The van der Waals surface area contributed by atoms with Crippen molar-refractivity contribution in [1.29, 1.82) is 0 Å². The van der Waals surface area contributed by atoms with Crippen LogP contribution in [0.15, 0.2) is 42.6 Å². The van der Waals surface area contributed by atoms with E-state index in [1.165, 1.54) is 0 Å². The maximum atomic E-state index is 6.15. The summed E-state index contributed by atoms with van der Waals surface area (Å²) in [5.74, 6) is 0.829. The lowest BCUT2D eigenvalue weighted by Gasteiger charge is -2.02. The lowest BCUT2D eigenvalue weighted by atomic mass is 10.2. The third-order valence-electron chi connectivity index (χ3n) is 2.84. The molecule has 3 rings (SSSR count). The monoisotopic (exact) mass is 276 g/mol. The molecule has 0 atom stereocenters. The molecule has 0 unspecified atom stereocenters. The van der Waals surface area contributed by atoms with Gasteiger partial charge in [-0.2, -0.15) is 0 Å². The van der Waals surface area contributed by atoms with Gasteiger partial charge in [0.2, 0.25) is 0 Å². The molecule has 0 N–H and O–H groups in total. The van der Waals surface area contributed by atoms with E-state index in [9.17, 15) is 0 Å². The number of fused-ring (bicyclic) bond motifs is 1. The van der Waals surface area contributed by atoms with E-state index in [2.05, 4.69) is 4.98 Å². The number of benzene rings is 1. The number of halogens is 2. The predicted molar refractivity (Wildman–Crippen MR) is 75.4 cm³/mol. The van der Waals surface area contributed by atoms with Gasteiger partial charge in [-0.25, -0.2) is 4.98 Å². The fraction of sp³-hybridized carbons (Fsp3) is 0.0714. The fourth-order valence-corrected chi connectivity index (χ4v) is 2.32. The number of nitrogens with zero attached hydrogens (tertiary/aromatic N) is 2. The zero-order valence-electron chi connectivity index (χ0n) is 9.69. The summed E-state index contributed by atoms with van der Waals surface area (Å²) in [6.07, 6.45) is 2.03. The molecule has 0 aliphatic rings. The fourth-order valence-electron chi connectivity index (χ4n) is 1.96. The highest BCUT2D eigenvalue weighted by Gasteiger charge is 2.10. The first kappa shape index (κ1) is 11.6. The van der Waals surface area contributed by atoms with Gasteiger partial charge in [0.1, 0.15) is 5.82 Å². The molecule has 2 aromatic heterocycles. The van der Waals surface area contributed by atoms with Crippen molar-refractivity contribution in [3.8, 4) is 11.4 Å². The lowest BCUT2D eigenvalue weighted by molar-refractivity contribution is 1.14. The van der Waals surface area contributed by atoms with Crippen molar-refractivity contribution >= 4 is 28.7 Å². The Morgan fingerprint density at radius 2 is 1.72 bits per heavy atom. The van der Waals surface area contributed by atoms with E-state index in [4.69, 9.17) is 23.2 Å². The minimum atomic E-state index is 0.514. The second-order valence-corrected chi connectivity index (χ2v) is 4.99. The van der Waals surface area contributed by atoms with Gasteiger partial charge >= 0.3 is 0 Å². The highest BCUT2D eigenvalue weighted by atomic mass is 35.5. The van der Waals surface area contributed by atoms with E-state index in [1.807, 2.05) is 53.9 Å². The number of rotatable bonds is 1. The highest BCUT2D eigenvalue weighted by molar-refractivity contribution is 6.33. The molecule has 0 fully saturated rings. The Kier molecular flexibility index (Phi) is 2.77. The normalized spacial score (nSPS) is 11.1. The van der Waals surface area contributed by atoms with Gasteiger partial charge in [0.15, 0.2) is 5.15 Å². The first-order valence-electron chi connectivity index (χ1n) is 5.55. The van der Waals surface area contributed by atoms with Gasteiger partial charge in [0.25, 0.3) is 0 Å². The van der Waals surface area contributed by atoms with E-state index in [1.54, 1.807) is 0 Å². The Hall–Kier alpha value is -1.51. The molecule has 0 spiro atoms. The first-order chi connectivity index (χ1) is 8.65. The van der Waals surface area contributed by atoms with Crippen molar-refractivity contribution in [2.24, 2.45) is 0 Å². The Morgan fingerprint density at radius 3 is 2.44 bits per heavy atom. The Balaban J connectivity index is 2.28. The standard InChI is InChI=1S/C14H10Cl2N2/c1-9-2-7-12-13(16)17-14(18(12)8-9)10-3-5-11(15)6-4-10/h2-8H,1H3. The molecule has 0 aliphatic heterocycles. The Bertz CT molecular complexity index is 714. The third-order valence-corrected chi connectivity index (χ3v) is 3.37. The summed E-state index contributed by atoms with van der Waals surface area (Å²) in [5, 5.41) is 1.22. The number of hydrogen-bond donors (Lipinski definition) is 0. The van der Waals surface area contributed by atoms with Gasteiger partial charge in [-0.1, -0.05) is 29.3 Å². The van der Waals surface area contributed by atoms with Gasteiger partial charge in [0.05, 0.1) is 5.52 Å². The van der Waals surface area contributed by atoms with Crippen molar-refractivity contribution in [2.75, 3.05) is 0 Å². The Morgan fingerprint density at radius 1 is 1.00 bits per heavy atom. The largest absolute Gasteiger partial charge is 0.298 e. The molecule has 0 bridgehead atoms. The summed E-state index contributed by atoms with van der Waals surface area (Å²) in [5.41, 5.74) is 3.06. The molecule has 0 saturated heterocycles. The summed E-state index contributed by atoms with van der Waals surface area (Å²) in [4.78, 5) is 4.42. The minimum Gasteiger partial charge on any atom is -0.298 e. The van der Waals surface area contributed by atoms with Crippen LogP contribution in [0.4, 0.5) is 0 Å². The highest BCUT2D eigenvalue weighted by Crippen LogP contribution is 2.26. The summed E-state index contributed by atoms with van der Waals surface area (Å²) >= 11 is 12.0. The van der Waals surface area contributed by atoms with Crippen molar-refractivity contribution in [1.82, 2.24) is 9.38 Å². The quantitative estimate of drug-likeness (QED) is 0.634. The molecule has 2 nitrogen and oxygen atoms in total. The second kappa shape index (κ2) is 4.30. The maximum Gasteiger partial charge on any atom is 0.155 e. The number of aromatic nitrogens is 2. The van der Waals surface area contributed by atoms with Crippen molar-refractivity contribution in [3.63, 3.8) is 0 Å². The molecule has 0 aliphatic carbocycles. The SMILES string of the molecule is Cc1ccc2c(Cl)nc(-c3ccc(Cl)cc3)n2c1. The molecule has 3 aromatic rings. The van der Waals surface area contributed by atoms with Gasteiger partial charge in [-0.05, 0) is 42.8 Å². The molecule has 0 radical (unpaired) electrons. The van der Waals surface area contributed by atoms with Crippen LogP contribution < -0.4 is 0 Å². The van der Waals surface area contributed by atoms with E-state index >= 15 is 0 Å². The first-order valence-corrected chi connectivity index (χ1v) is 6.31. The lowest BCUT2D eigenvalue weighted by Crippen LogP contribution is -1.90. The van der Waals surface area contributed by atoms with Crippen molar-refractivity contribution < 1.29 is 0 Å². The van der Waals surface area contributed by atoms with Gasteiger partial charge in [-0.15, -0.1) is 0 Å². The van der Waals surface area contributed by atoms with Crippen molar-refractivity contribution in [3.05, 3.63) is 58.3 Å². The van der Waals surface area contributed by atoms with Crippen LogP contribution in [0.3, 0.4) is 0 Å². The summed E-state index contributed by atoms with van der Waals surface area (Å²) in [6.45, 7) is 2.04. The zero-order chi connectivity index (χ0) is 12.7. The molecule has 0 amide bonds. The number of aryl methyl sites for hydroxylation is 1. The third kappa shape index (κ3) is 1.88. The number of hydrogen-bond acceptors (Lipinski definition) is 1. The summed E-state index contributed by atoms with van der Waals surface area (Å²) < 4.78 is 2.00. The molecular formula is C14H10Cl2N2. The van der Waals surface area contributed by atoms with Gasteiger partial charge < -0.3 is 0 Å². The van der Waals surface area contributed by atoms with E-state index in [0.717, 1.165) is 22.5 Å². The van der Waals surface area contributed by atoms with Crippen LogP contribution in [0.2, 0.25) is 10.2 Å². The smallest absolute Gasteiger partial charge is 0.155 e. The molecule has 0 saturated carbocycles. The summed E-state index contributed by atoms with van der Waals surface area (Å²) in [7, 11) is 0. The Labute approximate surface area is 115 Å². The molecule has 4 heteroatoms. The topological polar surface area (TPSA) is 17.3 Å². The molecule has 2 heterocycles. The van der Waals surface area contributed by atoms with Gasteiger partial charge in [0, 0.05) is 16.8 Å². The number of pyridine rings is 1. The number of imidazole rings is 1. The average molecular weight is 277 g/mol. The minimum absolute atomic E-state index is 0.514. The average Bonchev–Trinajstić information content (AvgIpc) is 2.67. The van der Waals surface area contributed by atoms with E-state index in [0.29, 0.717) is 10.2 Å². The van der Waals surface area contributed by atoms with Crippen molar-refractivity contribution in [2.45, 2.75) is 6.92 Å². The predicted octanol–water partition coefficient (Wildman–Crippen LogP) is 4.62. The molecule has 90 valence electrons.